The molecule has 0 unspecified atom stereocenters. The third-order valence-corrected chi connectivity index (χ3v) is 10.6. The van der Waals surface area contributed by atoms with Crippen molar-refractivity contribution in [2.24, 2.45) is 0 Å². The smallest absolute Gasteiger partial charge is 0.163 e. The third-order valence-electron chi connectivity index (χ3n) is 5.08. The fraction of sp³-hybridized carbons (Fsp3) is 1.00. The summed E-state index contributed by atoms with van der Waals surface area (Å²) in [7, 11) is -1.50. The van der Waals surface area contributed by atoms with Gasteiger partial charge < -0.3 is 19.7 Å². The second kappa shape index (κ2) is 4.53. The minimum absolute atomic E-state index is 0.0346. The molecule has 0 saturated carbocycles. The number of nitrogens with zero attached hydrogens (tertiary/aromatic N) is 1. The standard InChI is InChI=1S/C14H28NO3Si/c1-13(2,3)19(6,7)9-10-12-11(8-15(10)16)17-14(4,5)18-12/h10-12H,8-9H2,1-7H3/q-1/t10-,11+,12-/m1/s1. The molecular formula is C14H28NO3Si-. The molecule has 0 amide bonds. The molecule has 2 aliphatic heterocycles. The van der Waals surface area contributed by atoms with Gasteiger partial charge in [0.15, 0.2) is 5.79 Å². The zero-order chi connectivity index (χ0) is 14.6. The van der Waals surface area contributed by atoms with Crippen LogP contribution < -0.4 is 0 Å². The van der Waals surface area contributed by atoms with Gasteiger partial charge in [0.25, 0.3) is 0 Å². The Balaban J connectivity index is 2.12. The summed E-state index contributed by atoms with van der Waals surface area (Å²) in [6.45, 7) is 15.9. The first-order chi connectivity index (χ1) is 8.43. The van der Waals surface area contributed by atoms with Crippen LogP contribution in [0.5, 0.6) is 0 Å². The lowest BCUT2D eigenvalue weighted by molar-refractivity contribution is -0.158. The van der Waals surface area contributed by atoms with Crippen molar-refractivity contribution in [1.29, 1.82) is 0 Å². The quantitative estimate of drug-likeness (QED) is 0.731. The van der Waals surface area contributed by atoms with Gasteiger partial charge in [-0.3, -0.25) is 0 Å². The Bertz CT molecular complexity index is 351. The Hall–Kier alpha value is 0.0569. The summed E-state index contributed by atoms with van der Waals surface area (Å²) in [5.41, 5.74) is 0. The Labute approximate surface area is 118 Å². The molecule has 2 fully saturated rings. The van der Waals surface area contributed by atoms with E-state index in [9.17, 15) is 5.21 Å². The molecule has 2 saturated heterocycles. The van der Waals surface area contributed by atoms with Gasteiger partial charge in [-0.2, -0.15) is 0 Å². The highest BCUT2D eigenvalue weighted by Crippen LogP contribution is 2.44. The van der Waals surface area contributed by atoms with Crippen molar-refractivity contribution in [3.05, 3.63) is 5.21 Å². The number of hydrogen-bond donors (Lipinski definition) is 0. The SMILES string of the molecule is CC1(C)O[C@H]2[C@H](CN([O-])[C@@H]2C[Si](C)(C)C(C)(C)C)O1. The Morgan fingerprint density at radius 3 is 2.37 bits per heavy atom. The van der Waals surface area contributed by atoms with Gasteiger partial charge in [0, 0.05) is 12.6 Å². The van der Waals surface area contributed by atoms with Crippen molar-refractivity contribution in [1.82, 2.24) is 5.06 Å². The molecule has 112 valence electrons. The average Bonchev–Trinajstić information content (AvgIpc) is 2.59. The summed E-state index contributed by atoms with van der Waals surface area (Å²) in [6.07, 6.45) is -0.108. The molecule has 2 aliphatic rings. The Morgan fingerprint density at radius 1 is 1.26 bits per heavy atom. The molecule has 2 rings (SSSR count). The van der Waals surface area contributed by atoms with E-state index in [1.54, 1.807) is 0 Å². The molecule has 0 bridgehead atoms. The van der Waals surface area contributed by atoms with Gasteiger partial charge in [-0.25, -0.2) is 0 Å². The van der Waals surface area contributed by atoms with Crippen molar-refractivity contribution in [3.63, 3.8) is 0 Å². The second-order valence-electron chi connectivity index (χ2n) is 8.14. The van der Waals surface area contributed by atoms with Crippen LogP contribution in [-0.4, -0.2) is 43.7 Å². The molecule has 19 heavy (non-hydrogen) atoms. The van der Waals surface area contributed by atoms with Crippen LogP contribution in [0.2, 0.25) is 24.2 Å². The summed E-state index contributed by atoms with van der Waals surface area (Å²) < 4.78 is 11.8. The average molecular weight is 286 g/mol. The first-order valence-electron chi connectivity index (χ1n) is 7.22. The van der Waals surface area contributed by atoms with Crippen molar-refractivity contribution < 1.29 is 9.47 Å². The molecule has 3 atom stereocenters. The molecule has 2 heterocycles. The minimum atomic E-state index is -1.50. The monoisotopic (exact) mass is 286 g/mol. The molecule has 0 radical (unpaired) electrons. The molecule has 4 nitrogen and oxygen atoms in total. The molecule has 0 aromatic heterocycles. The molecule has 5 heteroatoms. The predicted octanol–water partition coefficient (Wildman–Crippen LogP) is 3.20. The fourth-order valence-corrected chi connectivity index (χ4v) is 4.95. The van der Waals surface area contributed by atoms with Crippen LogP contribution >= 0.6 is 0 Å². The highest BCUT2D eigenvalue weighted by molar-refractivity contribution is 6.80. The largest absolute Gasteiger partial charge is 0.785 e. The van der Waals surface area contributed by atoms with Gasteiger partial charge in [-0.15, -0.1) is 0 Å². The van der Waals surface area contributed by atoms with E-state index in [4.69, 9.17) is 9.47 Å². The van der Waals surface area contributed by atoms with Crippen LogP contribution in [0.4, 0.5) is 0 Å². The van der Waals surface area contributed by atoms with Gasteiger partial charge >= 0.3 is 0 Å². The van der Waals surface area contributed by atoms with Crippen molar-refractivity contribution >= 4 is 8.07 Å². The van der Waals surface area contributed by atoms with Crippen molar-refractivity contribution in [3.8, 4) is 0 Å². The number of rotatable bonds is 2. The molecule has 0 aromatic carbocycles. The first-order valence-corrected chi connectivity index (χ1v) is 10.4. The van der Waals surface area contributed by atoms with E-state index in [1.165, 1.54) is 5.06 Å². The van der Waals surface area contributed by atoms with Crippen LogP contribution in [0.1, 0.15) is 34.6 Å². The first kappa shape index (κ1) is 15.4. The van der Waals surface area contributed by atoms with Gasteiger partial charge in [0.05, 0.1) is 8.07 Å². The second-order valence-corrected chi connectivity index (χ2v) is 13.8. The zero-order valence-corrected chi connectivity index (χ0v) is 14.3. The van der Waals surface area contributed by atoms with E-state index in [2.05, 4.69) is 33.9 Å². The molecular weight excluding hydrogens is 258 g/mol. The lowest BCUT2D eigenvalue weighted by atomic mass is 10.2. The Kier molecular flexibility index (Phi) is 3.68. The number of hydroxylamine groups is 2. The van der Waals surface area contributed by atoms with E-state index in [-0.39, 0.29) is 18.2 Å². The van der Waals surface area contributed by atoms with E-state index < -0.39 is 13.9 Å². The maximum Gasteiger partial charge on any atom is 0.163 e. The number of fused-ring (bicyclic) bond motifs is 1. The topological polar surface area (TPSA) is 44.8 Å². The number of ether oxygens (including phenoxy) is 2. The van der Waals surface area contributed by atoms with E-state index in [1.807, 2.05) is 13.8 Å². The van der Waals surface area contributed by atoms with Crippen molar-refractivity contribution in [2.75, 3.05) is 6.54 Å². The van der Waals surface area contributed by atoms with E-state index >= 15 is 0 Å². The number of hydrogen-bond acceptors (Lipinski definition) is 4. The zero-order valence-electron chi connectivity index (χ0n) is 13.3. The van der Waals surface area contributed by atoms with Crippen LogP contribution in [0.25, 0.3) is 0 Å². The summed E-state index contributed by atoms with van der Waals surface area (Å²) in [4.78, 5) is 0. The van der Waals surface area contributed by atoms with Gasteiger partial charge in [0.2, 0.25) is 0 Å². The van der Waals surface area contributed by atoms with Gasteiger partial charge in [-0.1, -0.05) is 33.9 Å². The third kappa shape index (κ3) is 2.90. The van der Waals surface area contributed by atoms with Crippen LogP contribution in [-0.2, 0) is 9.47 Å². The molecule has 0 spiro atoms. The molecule has 0 aliphatic carbocycles. The van der Waals surface area contributed by atoms with Gasteiger partial charge in [0.1, 0.15) is 12.2 Å². The predicted molar refractivity (Wildman–Crippen MR) is 79.7 cm³/mol. The van der Waals surface area contributed by atoms with Gasteiger partial charge in [-0.05, 0) is 24.9 Å². The summed E-state index contributed by atoms with van der Waals surface area (Å²) in [6, 6.07) is 0.938. The molecule has 0 aromatic rings. The minimum Gasteiger partial charge on any atom is -0.785 e. The summed E-state index contributed by atoms with van der Waals surface area (Å²) in [5.74, 6) is -0.539. The summed E-state index contributed by atoms with van der Waals surface area (Å²) >= 11 is 0. The lowest BCUT2D eigenvalue weighted by Crippen LogP contribution is -2.46. The van der Waals surface area contributed by atoms with E-state index in [0.29, 0.717) is 11.6 Å². The fourth-order valence-electron chi connectivity index (χ4n) is 2.85. The van der Waals surface area contributed by atoms with E-state index in [0.717, 1.165) is 6.04 Å². The normalized spacial score (nSPS) is 35.7. The highest BCUT2D eigenvalue weighted by Gasteiger charge is 2.52. The maximum absolute atomic E-state index is 12.2. The Morgan fingerprint density at radius 2 is 1.84 bits per heavy atom. The highest BCUT2D eigenvalue weighted by atomic mass is 28.3. The van der Waals surface area contributed by atoms with Crippen molar-refractivity contribution in [2.45, 2.75) is 82.8 Å². The lowest BCUT2D eigenvalue weighted by Gasteiger charge is -2.43. The maximum atomic E-state index is 12.2. The van der Waals surface area contributed by atoms with Crippen LogP contribution in [0.3, 0.4) is 0 Å². The summed E-state index contributed by atoms with van der Waals surface area (Å²) in [5, 5.41) is 13.7. The van der Waals surface area contributed by atoms with Crippen LogP contribution in [0.15, 0.2) is 0 Å². The molecule has 0 N–H and O–H groups in total. The van der Waals surface area contributed by atoms with Crippen LogP contribution in [0, 0.1) is 5.21 Å².